The van der Waals surface area contributed by atoms with Crippen molar-refractivity contribution in [3.63, 3.8) is 0 Å². The first kappa shape index (κ1) is 17.4. The third-order valence-electron chi connectivity index (χ3n) is 3.50. The van der Waals surface area contributed by atoms with Gasteiger partial charge in [-0.25, -0.2) is 0 Å². The quantitative estimate of drug-likeness (QED) is 0.636. The van der Waals surface area contributed by atoms with Gasteiger partial charge in [-0.1, -0.05) is 6.07 Å². The average molecular weight is 315 g/mol. The molecule has 1 aromatic rings. The van der Waals surface area contributed by atoms with Gasteiger partial charge < -0.3 is 11.5 Å². The lowest BCUT2D eigenvalue weighted by Gasteiger charge is -2.30. The van der Waals surface area contributed by atoms with E-state index in [1.54, 1.807) is 6.07 Å². The second-order valence-corrected chi connectivity index (χ2v) is 5.10. The molecule has 4 N–H and O–H groups in total. The number of hydrogen-bond acceptors (Lipinski definition) is 5. The van der Waals surface area contributed by atoms with Crippen LogP contribution in [0.15, 0.2) is 18.2 Å². The highest BCUT2D eigenvalue weighted by atomic mass is 35.5. The second kappa shape index (κ2) is 7.35. The Balaban J connectivity index is 0.00000220. The minimum absolute atomic E-state index is 0. The van der Waals surface area contributed by atoms with Crippen LogP contribution in [0.3, 0.4) is 0 Å². The molecule has 1 fully saturated rings. The molecule has 8 heteroatoms. The Morgan fingerprint density at radius 3 is 2.76 bits per heavy atom. The van der Waals surface area contributed by atoms with Gasteiger partial charge in [0, 0.05) is 36.3 Å². The number of hydrogen-bond donors (Lipinski definition) is 2. The van der Waals surface area contributed by atoms with Gasteiger partial charge in [0.25, 0.3) is 5.69 Å². The molecule has 1 amide bonds. The number of carbonyl (C=O) groups is 1. The van der Waals surface area contributed by atoms with Crippen molar-refractivity contribution in [2.24, 2.45) is 11.5 Å². The number of nitrogens with two attached hydrogens (primary N) is 2. The minimum Gasteiger partial charge on any atom is -0.366 e. The maximum Gasteiger partial charge on any atom is 0.274 e. The lowest BCUT2D eigenvalue weighted by atomic mass is 10.0. The molecule has 2 rings (SSSR count). The van der Waals surface area contributed by atoms with E-state index in [9.17, 15) is 14.9 Å². The number of halogens is 1. The molecule has 0 aliphatic carbocycles. The Kier molecular flexibility index (Phi) is 6.07. The molecule has 1 saturated heterocycles. The molecule has 0 spiro atoms. The molecule has 1 aliphatic rings. The van der Waals surface area contributed by atoms with Crippen molar-refractivity contribution in [1.29, 1.82) is 0 Å². The monoisotopic (exact) mass is 314 g/mol. The van der Waals surface area contributed by atoms with Crippen LogP contribution in [0, 0.1) is 10.1 Å². The van der Waals surface area contributed by atoms with Crippen molar-refractivity contribution in [1.82, 2.24) is 4.90 Å². The van der Waals surface area contributed by atoms with Crippen LogP contribution in [-0.2, 0) is 6.54 Å². The number of rotatable bonds is 4. The number of amides is 1. The van der Waals surface area contributed by atoms with Crippen molar-refractivity contribution < 1.29 is 9.72 Å². The third-order valence-corrected chi connectivity index (χ3v) is 3.50. The summed E-state index contributed by atoms with van der Waals surface area (Å²) in [5.41, 5.74) is 11.7. The van der Waals surface area contributed by atoms with Crippen molar-refractivity contribution in [2.45, 2.75) is 25.4 Å². The summed E-state index contributed by atoms with van der Waals surface area (Å²) in [5, 5.41) is 11.1. The first-order chi connectivity index (χ1) is 9.47. The molecule has 1 heterocycles. The van der Waals surface area contributed by atoms with E-state index in [1.807, 2.05) is 0 Å². The molecule has 0 bridgehead atoms. The normalized spacial score (nSPS) is 18.8. The maximum absolute atomic E-state index is 11.1. The predicted octanol–water partition coefficient (Wildman–Crippen LogP) is 1.04. The molecule has 116 valence electrons. The minimum atomic E-state index is -0.667. The largest absolute Gasteiger partial charge is 0.366 e. The van der Waals surface area contributed by atoms with E-state index in [1.165, 1.54) is 12.1 Å². The van der Waals surface area contributed by atoms with Crippen LogP contribution in [0.25, 0.3) is 0 Å². The number of primary amides is 1. The van der Waals surface area contributed by atoms with E-state index in [4.69, 9.17) is 11.5 Å². The Labute approximate surface area is 128 Å². The van der Waals surface area contributed by atoms with Crippen LogP contribution in [0.1, 0.15) is 28.8 Å². The molecule has 1 aromatic carbocycles. The summed E-state index contributed by atoms with van der Waals surface area (Å²) in [4.78, 5) is 23.8. The van der Waals surface area contributed by atoms with Crippen molar-refractivity contribution in [3.8, 4) is 0 Å². The summed E-state index contributed by atoms with van der Waals surface area (Å²) in [5.74, 6) is -0.667. The molecule has 1 unspecified atom stereocenters. The van der Waals surface area contributed by atoms with E-state index < -0.39 is 10.8 Å². The summed E-state index contributed by atoms with van der Waals surface area (Å²) < 4.78 is 0. The molecule has 1 aliphatic heterocycles. The third kappa shape index (κ3) is 4.38. The number of nitro groups is 1. The topological polar surface area (TPSA) is 115 Å². The van der Waals surface area contributed by atoms with Gasteiger partial charge in [-0.05, 0) is 25.5 Å². The van der Waals surface area contributed by atoms with Crippen molar-refractivity contribution >= 4 is 24.0 Å². The first-order valence-electron chi connectivity index (χ1n) is 6.52. The predicted molar refractivity (Wildman–Crippen MR) is 81.3 cm³/mol. The summed E-state index contributed by atoms with van der Waals surface area (Å²) in [6, 6.07) is 4.47. The highest BCUT2D eigenvalue weighted by Crippen LogP contribution is 2.23. The molecule has 7 nitrogen and oxygen atoms in total. The number of piperidine rings is 1. The van der Waals surface area contributed by atoms with Gasteiger partial charge >= 0.3 is 0 Å². The molecular formula is C13H19ClN4O3. The van der Waals surface area contributed by atoms with Crippen molar-refractivity contribution in [2.75, 3.05) is 13.1 Å². The van der Waals surface area contributed by atoms with Gasteiger partial charge in [-0.2, -0.15) is 0 Å². The number of nitrogens with zero attached hydrogens (tertiary/aromatic N) is 2. The lowest BCUT2D eigenvalue weighted by molar-refractivity contribution is -0.385. The van der Waals surface area contributed by atoms with Crippen LogP contribution >= 0.6 is 12.4 Å². The van der Waals surface area contributed by atoms with Crippen LogP contribution in [0.4, 0.5) is 5.69 Å². The van der Waals surface area contributed by atoms with Gasteiger partial charge in [-0.15, -0.1) is 12.4 Å². The summed E-state index contributed by atoms with van der Waals surface area (Å²) in [7, 11) is 0. The zero-order valence-corrected chi connectivity index (χ0v) is 12.3. The smallest absolute Gasteiger partial charge is 0.274 e. The van der Waals surface area contributed by atoms with E-state index in [0.29, 0.717) is 12.1 Å². The first-order valence-corrected chi connectivity index (χ1v) is 6.52. The van der Waals surface area contributed by atoms with Gasteiger partial charge in [0.05, 0.1) is 4.92 Å². The fraction of sp³-hybridized carbons (Fsp3) is 0.462. The van der Waals surface area contributed by atoms with Crippen LogP contribution in [0.5, 0.6) is 0 Å². The molecule has 0 saturated carbocycles. The summed E-state index contributed by atoms with van der Waals surface area (Å²) in [6.45, 7) is 2.07. The van der Waals surface area contributed by atoms with Gasteiger partial charge in [0.15, 0.2) is 0 Å². The van der Waals surface area contributed by atoms with E-state index in [2.05, 4.69) is 4.90 Å². The van der Waals surface area contributed by atoms with Gasteiger partial charge in [0.1, 0.15) is 0 Å². The SMILES string of the molecule is Cl.NC(=O)c1ccc(CN2CCCC(N)C2)c([N+](=O)[O-])c1. The highest BCUT2D eigenvalue weighted by molar-refractivity contribution is 5.93. The Morgan fingerprint density at radius 2 is 2.19 bits per heavy atom. The van der Waals surface area contributed by atoms with E-state index in [-0.39, 0.29) is 29.7 Å². The standard InChI is InChI=1S/C13H18N4O3.ClH/c14-11-2-1-5-16(8-11)7-10-4-3-9(13(15)18)6-12(10)17(19)20;/h3-4,6,11H,1-2,5,7-8,14H2,(H2,15,18);1H. The molecule has 0 aromatic heterocycles. The van der Waals surface area contributed by atoms with Gasteiger partial charge in [0.2, 0.25) is 5.91 Å². The maximum atomic E-state index is 11.1. The zero-order valence-electron chi connectivity index (χ0n) is 11.5. The number of carbonyl (C=O) groups excluding carboxylic acids is 1. The molecular weight excluding hydrogens is 296 g/mol. The Morgan fingerprint density at radius 1 is 1.48 bits per heavy atom. The van der Waals surface area contributed by atoms with E-state index >= 15 is 0 Å². The fourth-order valence-corrected chi connectivity index (χ4v) is 2.50. The molecule has 1 atom stereocenters. The van der Waals surface area contributed by atoms with E-state index in [0.717, 1.165) is 25.9 Å². The zero-order chi connectivity index (χ0) is 14.7. The Hall–Kier alpha value is -1.70. The number of likely N-dealkylation sites (tertiary alicyclic amines) is 1. The second-order valence-electron chi connectivity index (χ2n) is 5.10. The van der Waals surface area contributed by atoms with Crippen LogP contribution < -0.4 is 11.5 Å². The highest BCUT2D eigenvalue weighted by Gasteiger charge is 2.21. The number of benzene rings is 1. The summed E-state index contributed by atoms with van der Waals surface area (Å²) in [6.07, 6.45) is 1.98. The number of nitro benzene ring substituents is 1. The van der Waals surface area contributed by atoms with Gasteiger partial charge in [-0.3, -0.25) is 19.8 Å². The van der Waals surface area contributed by atoms with Crippen LogP contribution in [0.2, 0.25) is 0 Å². The molecule has 21 heavy (non-hydrogen) atoms. The molecule has 0 radical (unpaired) electrons. The average Bonchev–Trinajstić information content (AvgIpc) is 2.38. The summed E-state index contributed by atoms with van der Waals surface area (Å²) >= 11 is 0. The Bertz CT molecular complexity index is 538. The fourth-order valence-electron chi connectivity index (χ4n) is 2.50. The lowest BCUT2D eigenvalue weighted by Crippen LogP contribution is -2.42. The van der Waals surface area contributed by atoms with Crippen molar-refractivity contribution in [3.05, 3.63) is 39.4 Å². The van der Waals surface area contributed by atoms with Crippen LogP contribution in [-0.4, -0.2) is 34.9 Å².